The number of fused-ring (bicyclic) bond motifs is 11. The fraction of sp³-hybridized carbons (Fsp3) is 0. The summed E-state index contributed by atoms with van der Waals surface area (Å²) in [5, 5.41) is 23.7. The van der Waals surface area contributed by atoms with E-state index in [4.69, 9.17) is 0 Å². The molecule has 0 saturated carbocycles. The molecule has 1 aliphatic carbocycles. The molecule has 0 atom stereocenters. The maximum atomic E-state index is 2.60. The molecule has 0 saturated heterocycles. The molecule has 0 spiro atoms. The fourth-order valence-electron chi connectivity index (χ4n) is 14.9. The number of rotatable bonds is 6. The molecule has 0 nitrogen and oxygen atoms in total. The van der Waals surface area contributed by atoms with Crippen LogP contribution in [0.1, 0.15) is 0 Å². The van der Waals surface area contributed by atoms with Crippen molar-refractivity contribution in [1.29, 1.82) is 0 Å². The summed E-state index contributed by atoms with van der Waals surface area (Å²) in [5.74, 6) is 0. The van der Waals surface area contributed by atoms with Crippen molar-refractivity contribution in [3.8, 4) is 89.0 Å². The number of hydrogen-bond donors (Lipinski definition) is 0. The molecule has 0 amide bonds. The van der Waals surface area contributed by atoms with Gasteiger partial charge in [-0.05, 0) is 198 Å². The van der Waals surface area contributed by atoms with E-state index in [0.29, 0.717) is 0 Å². The van der Waals surface area contributed by atoms with E-state index in [9.17, 15) is 0 Å². The highest BCUT2D eigenvalue weighted by molar-refractivity contribution is 6.51. The van der Waals surface area contributed by atoms with Gasteiger partial charge in [0.1, 0.15) is 0 Å². The minimum absolute atomic E-state index is 1.22. The van der Waals surface area contributed by atoms with Crippen molar-refractivity contribution < 1.29 is 0 Å². The van der Waals surface area contributed by atoms with Crippen molar-refractivity contribution in [2.45, 2.75) is 0 Å². The first-order valence-electron chi connectivity index (χ1n) is 27.3. The standard InChI is InChI=1S/C78H44/c1-7-21-45(22-8-1)52-37-38-53(46-23-9-2-10-24-46)68-62-43-60(47-25-11-3-12-26-47)69-58-41-42-59-72-63(44-61(48-27-13-4-14-28-48)70(77(58)72)57-40-39-56(67(52)68)71(62)76(57)69)78-66(51-31-17-6-18-32-51)74-55-36-20-34-49-33-19-35-54(64(49)55)73(74)65(75(59)78)50-29-15-5-16-30-50/h1-44H. The maximum Gasteiger partial charge on any atom is -0.000696 e. The van der Waals surface area contributed by atoms with Gasteiger partial charge in [0, 0.05) is 0 Å². The molecule has 78 heavy (non-hydrogen) atoms. The molecule has 356 valence electrons. The lowest BCUT2D eigenvalue weighted by Crippen LogP contribution is -1.93. The van der Waals surface area contributed by atoms with E-state index in [1.165, 1.54) is 186 Å². The summed E-state index contributed by atoms with van der Waals surface area (Å²) in [6.07, 6.45) is 0. The van der Waals surface area contributed by atoms with Gasteiger partial charge >= 0.3 is 0 Å². The van der Waals surface area contributed by atoms with Gasteiger partial charge in [-0.1, -0.05) is 255 Å². The van der Waals surface area contributed by atoms with Crippen molar-refractivity contribution in [1.82, 2.24) is 0 Å². The summed E-state index contributed by atoms with van der Waals surface area (Å²) >= 11 is 0. The molecule has 0 radical (unpaired) electrons. The SMILES string of the molecule is c1ccc(-c2ccc(-c3ccccc3)c3c2-c2ccc4c5c(-c6ccccc6)cc6c7c(-c8ccccc8)c8c9cccc%10cccc(c8c(-c8ccccc8)c7c7ccc(c8c(-c%11ccccc%11)cc-3c2c48)c5c76)c%109)cc1. The van der Waals surface area contributed by atoms with Gasteiger partial charge in [-0.2, -0.15) is 0 Å². The summed E-state index contributed by atoms with van der Waals surface area (Å²) in [4.78, 5) is 0. The van der Waals surface area contributed by atoms with Crippen LogP contribution in [0, 0.1) is 0 Å². The van der Waals surface area contributed by atoms with Crippen LogP contribution in [0.2, 0.25) is 0 Å². The summed E-state index contributed by atoms with van der Waals surface area (Å²) in [6.45, 7) is 0. The van der Waals surface area contributed by atoms with E-state index < -0.39 is 0 Å². The predicted molar refractivity (Wildman–Crippen MR) is 335 cm³/mol. The lowest BCUT2D eigenvalue weighted by Gasteiger charge is -2.21. The Balaban J connectivity index is 1.10. The molecule has 1 aliphatic rings. The third-order valence-corrected chi connectivity index (χ3v) is 17.8. The summed E-state index contributed by atoms with van der Waals surface area (Å²) in [6, 6.07) is 101. The molecule has 0 aliphatic heterocycles. The van der Waals surface area contributed by atoms with Crippen LogP contribution in [0.25, 0.3) is 186 Å². The molecule has 17 aromatic rings. The second-order valence-electron chi connectivity index (χ2n) is 21.6. The molecule has 0 unspecified atom stereocenters. The van der Waals surface area contributed by atoms with Gasteiger partial charge in [-0.3, -0.25) is 0 Å². The molecule has 0 bridgehead atoms. The Hall–Kier alpha value is -10.1. The smallest absolute Gasteiger partial charge is 0.000696 e. The highest BCUT2D eigenvalue weighted by Gasteiger charge is 2.34. The Bertz CT molecular complexity index is 5290. The van der Waals surface area contributed by atoms with Crippen molar-refractivity contribution in [3.63, 3.8) is 0 Å². The van der Waals surface area contributed by atoms with Gasteiger partial charge in [0.05, 0.1) is 0 Å². The Morgan fingerprint density at radius 2 is 0.487 bits per heavy atom. The van der Waals surface area contributed by atoms with E-state index in [-0.39, 0.29) is 0 Å². The fourth-order valence-corrected chi connectivity index (χ4v) is 14.9. The average molecular weight is 981 g/mol. The first-order valence-corrected chi connectivity index (χ1v) is 27.3. The van der Waals surface area contributed by atoms with E-state index >= 15 is 0 Å². The van der Waals surface area contributed by atoms with Crippen LogP contribution in [0.5, 0.6) is 0 Å². The Morgan fingerprint density at radius 3 is 0.962 bits per heavy atom. The predicted octanol–water partition coefficient (Wildman–Crippen LogP) is 22.0. The van der Waals surface area contributed by atoms with Crippen LogP contribution in [0.3, 0.4) is 0 Å². The van der Waals surface area contributed by atoms with Crippen LogP contribution < -0.4 is 0 Å². The van der Waals surface area contributed by atoms with E-state index in [2.05, 4.69) is 267 Å². The summed E-state index contributed by atoms with van der Waals surface area (Å²) in [7, 11) is 0. The van der Waals surface area contributed by atoms with Crippen molar-refractivity contribution in [2.75, 3.05) is 0 Å². The summed E-state index contributed by atoms with van der Waals surface area (Å²) in [5.41, 5.74) is 20.2. The van der Waals surface area contributed by atoms with Crippen LogP contribution in [0.4, 0.5) is 0 Å². The molecule has 17 aromatic carbocycles. The lowest BCUT2D eigenvalue weighted by atomic mass is 9.81. The van der Waals surface area contributed by atoms with E-state index in [1.807, 2.05) is 0 Å². The maximum absolute atomic E-state index is 2.60. The van der Waals surface area contributed by atoms with Gasteiger partial charge in [-0.15, -0.1) is 0 Å². The third-order valence-electron chi connectivity index (χ3n) is 17.8. The monoisotopic (exact) mass is 980 g/mol. The van der Waals surface area contributed by atoms with Crippen LogP contribution in [-0.2, 0) is 0 Å². The number of hydrogen-bond acceptors (Lipinski definition) is 0. The van der Waals surface area contributed by atoms with Gasteiger partial charge in [0.2, 0.25) is 0 Å². The highest BCUT2D eigenvalue weighted by atomic mass is 14.4. The average Bonchev–Trinajstić information content (AvgIpc) is 2.98. The zero-order valence-electron chi connectivity index (χ0n) is 42.4. The summed E-state index contributed by atoms with van der Waals surface area (Å²) < 4.78 is 0. The minimum atomic E-state index is 1.22. The normalized spacial score (nSPS) is 12.4. The van der Waals surface area contributed by atoms with Gasteiger partial charge in [-0.25, -0.2) is 0 Å². The van der Waals surface area contributed by atoms with Crippen LogP contribution >= 0.6 is 0 Å². The lowest BCUT2D eigenvalue weighted by molar-refractivity contribution is 1.59. The zero-order valence-corrected chi connectivity index (χ0v) is 42.4. The molecule has 0 heteroatoms. The molecule has 0 heterocycles. The van der Waals surface area contributed by atoms with E-state index in [0.717, 1.165) is 0 Å². The molecule has 18 rings (SSSR count). The Labute approximate surface area is 450 Å². The van der Waals surface area contributed by atoms with Gasteiger partial charge in [0.25, 0.3) is 0 Å². The molecular formula is C78H44. The second kappa shape index (κ2) is 15.7. The van der Waals surface area contributed by atoms with Gasteiger partial charge < -0.3 is 0 Å². The molecule has 0 fully saturated rings. The largest absolute Gasteiger partial charge is 0.0622 e. The quantitative estimate of drug-likeness (QED) is 0.115. The Kier molecular flexibility index (Phi) is 8.49. The first kappa shape index (κ1) is 42.1. The van der Waals surface area contributed by atoms with E-state index in [1.54, 1.807) is 0 Å². The first-order chi connectivity index (χ1) is 38.8. The van der Waals surface area contributed by atoms with Crippen molar-refractivity contribution in [2.24, 2.45) is 0 Å². The van der Waals surface area contributed by atoms with Crippen LogP contribution in [-0.4, -0.2) is 0 Å². The molecule has 0 aromatic heterocycles. The topological polar surface area (TPSA) is 0 Å². The van der Waals surface area contributed by atoms with Crippen molar-refractivity contribution >= 4 is 97.0 Å². The second-order valence-corrected chi connectivity index (χ2v) is 21.6. The number of benzene rings is 15. The highest BCUT2D eigenvalue weighted by Crippen LogP contribution is 2.62. The molecular weight excluding hydrogens is 937 g/mol. The Morgan fingerprint density at radius 1 is 0.141 bits per heavy atom. The zero-order chi connectivity index (χ0) is 50.7. The van der Waals surface area contributed by atoms with Gasteiger partial charge in [0.15, 0.2) is 0 Å². The minimum Gasteiger partial charge on any atom is -0.0622 e. The van der Waals surface area contributed by atoms with Crippen LogP contribution in [0.15, 0.2) is 267 Å². The third kappa shape index (κ3) is 5.48. The van der Waals surface area contributed by atoms with Crippen molar-refractivity contribution in [3.05, 3.63) is 267 Å². The molecule has 0 N–H and O–H groups in total.